The summed E-state index contributed by atoms with van der Waals surface area (Å²) in [6.45, 7) is 1.96. The highest BCUT2D eigenvalue weighted by atomic mass is 16.3. The summed E-state index contributed by atoms with van der Waals surface area (Å²) in [5, 5.41) is 11.9. The third-order valence-corrected chi connectivity index (χ3v) is 3.73. The largest absolute Gasteiger partial charge is 0.463 e. The van der Waals surface area contributed by atoms with Gasteiger partial charge in [-0.2, -0.15) is 5.10 Å². The van der Waals surface area contributed by atoms with E-state index < -0.39 is 0 Å². The number of nitrogens with one attached hydrogen (secondary N) is 2. The molecule has 2 heterocycles. The van der Waals surface area contributed by atoms with Gasteiger partial charge >= 0.3 is 0 Å². The number of aromatic nitrogens is 2. The number of anilines is 1. The highest BCUT2D eigenvalue weighted by Gasteiger charge is 2.14. The number of furan rings is 1. The van der Waals surface area contributed by atoms with Crippen LogP contribution >= 0.6 is 0 Å². The predicted molar refractivity (Wildman–Crippen MR) is 85.0 cm³/mol. The lowest BCUT2D eigenvalue weighted by Gasteiger charge is -2.04. The van der Waals surface area contributed by atoms with Crippen LogP contribution in [0.3, 0.4) is 0 Å². The van der Waals surface area contributed by atoms with Gasteiger partial charge in [-0.25, -0.2) is 0 Å². The zero-order valence-electron chi connectivity index (χ0n) is 11.9. The Morgan fingerprint density at radius 2 is 2.05 bits per heavy atom. The molecule has 0 bridgehead atoms. The van der Waals surface area contributed by atoms with Gasteiger partial charge in [0.1, 0.15) is 11.8 Å². The Labute approximate surface area is 125 Å². The van der Waals surface area contributed by atoms with E-state index in [1.807, 2.05) is 49.4 Å². The number of para-hydroxylation sites is 1. The first kappa shape index (κ1) is 12.6. The van der Waals surface area contributed by atoms with E-state index in [1.54, 1.807) is 0 Å². The van der Waals surface area contributed by atoms with Crippen molar-refractivity contribution in [2.24, 2.45) is 0 Å². The normalized spacial score (nSPS) is 11.1. The van der Waals surface area contributed by atoms with Crippen LogP contribution < -0.4 is 5.32 Å². The van der Waals surface area contributed by atoms with Gasteiger partial charge in [-0.3, -0.25) is 9.89 Å². The lowest BCUT2D eigenvalue weighted by atomic mass is 10.1. The van der Waals surface area contributed by atoms with Crippen molar-refractivity contribution in [3.05, 3.63) is 60.0 Å². The lowest BCUT2D eigenvalue weighted by molar-refractivity contribution is 0.102. The van der Waals surface area contributed by atoms with E-state index in [0.29, 0.717) is 16.8 Å². The van der Waals surface area contributed by atoms with Crippen molar-refractivity contribution >= 4 is 33.5 Å². The number of carbonyl (C=O) groups excluding carboxylic acids is 1. The van der Waals surface area contributed by atoms with Crippen LogP contribution in [0.1, 0.15) is 16.1 Å². The monoisotopic (exact) mass is 291 g/mol. The van der Waals surface area contributed by atoms with Gasteiger partial charge in [0.15, 0.2) is 0 Å². The molecule has 0 radical (unpaired) electrons. The zero-order chi connectivity index (χ0) is 15.1. The second-order valence-corrected chi connectivity index (χ2v) is 5.18. The van der Waals surface area contributed by atoms with Crippen LogP contribution in [0, 0.1) is 6.92 Å². The van der Waals surface area contributed by atoms with Gasteiger partial charge in [-0.1, -0.05) is 18.2 Å². The molecule has 0 atom stereocenters. The molecule has 5 nitrogen and oxygen atoms in total. The van der Waals surface area contributed by atoms with Crippen LogP contribution in [-0.2, 0) is 0 Å². The molecule has 0 saturated carbocycles. The first-order valence-corrected chi connectivity index (χ1v) is 6.95. The fourth-order valence-electron chi connectivity index (χ4n) is 2.58. The van der Waals surface area contributed by atoms with Gasteiger partial charge in [-0.15, -0.1) is 0 Å². The second kappa shape index (κ2) is 4.73. The number of H-pyrrole nitrogens is 1. The van der Waals surface area contributed by atoms with Crippen molar-refractivity contribution in [1.29, 1.82) is 0 Å². The molecule has 4 aromatic rings. The van der Waals surface area contributed by atoms with Crippen molar-refractivity contribution in [1.82, 2.24) is 10.2 Å². The summed E-state index contributed by atoms with van der Waals surface area (Å²) in [6.07, 6.45) is 1.48. The topological polar surface area (TPSA) is 70.9 Å². The number of nitrogens with zero attached hydrogens (tertiary/aromatic N) is 1. The molecule has 4 rings (SSSR count). The Morgan fingerprint density at radius 1 is 1.18 bits per heavy atom. The van der Waals surface area contributed by atoms with Gasteiger partial charge < -0.3 is 9.73 Å². The number of benzene rings is 2. The SMILES string of the molecule is Cc1[nH]nc2cc(NC(=O)c3coc4ccccc34)ccc12. The standard InChI is InChI=1S/C17H13N3O2/c1-10-12-7-6-11(8-15(12)20-19-10)18-17(21)14-9-22-16-5-3-2-4-13(14)16/h2-9H,1H3,(H,18,21)(H,19,20). The molecule has 2 aromatic carbocycles. The first-order chi connectivity index (χ1) is 10.7. The van der Waals surface area contributed by atoms with Crippen molar-refractivity contribution in [3.63, 3.8) is 0 Å². The first-order valence-electron chi connectivity index (χ1n) is 6.95. The number of rotatable bonds is 2. The van der Waals surface area contributed by atoms with E-state index in [2.05, 4.69) is 15.5 Å². The average molecular weight is 291 g/mol. The van der Waals surface area contributed by atoms with E-state index in [-0.39, 0.29) is 5.91 Å². The van der Waals surface area contributed by atoms with E-state index in [9.17, 15) is 4.79 Å². The quantitative estimate of drug-likeness (QED) is 0.589. The number of amides is 1. The molecule has 22 heavy (non-hydrogen) atoms. The van der Waals surface area contributed by atoms with Crippen LogP contribution in [0.2, 0.25) is 0 Å². The van der Waals surface area contributed by atoms with Gasteiger partial charge in [0.25, 0.3) is 5.91 Å². The van der Waals surface area contributed by atoms with E-state index in [4.69, 9.17) is 4.42 Å². The van der Waals surface area contributed by atoms with E-state index >= 15 is 0 Å². The molecule has 0 aliphatic carbocycles. The summed E-state index contributed by atoms with van der Waals surface area (Å²) < 4.78 is 5.40. The molecule has 2 N–H and O–H groups in total. The van der Waals surface area contributed by atoms with Crippen LogP contribution in [0.4, 0.5) is 5.69 Å². The van der Waals surface area contributed by atoms with Crippen LogP contribution in [-0.4, -0.2) is 16.1 Å². The molecule has 0 fully saturated rings. The van der Waals surface area contributed by atoms with E-state index in [1.165, 1.54) is 6.26 Å². The molecule has 2 aromatic heterocycles. The minimum absolute atomic E-state index is 0.198. The molecule has 0 saturated heterocycles. The maximum absolute atomic E-state index is 12.4. The Kier molecular flexibility index (Phi) is 2.72. The molecular formula is C17H13N3O2. The number of hydrogen-bond donors (Lipinski definition) is 2. The number of aromatic amines is 1. The highest BCUT2D eigenvalue weighted by molar-refractivity contribution is 6.12. The Morgan fingerprint density at radius 3 is 2.95 bits per heavy atom. The molecule has 1 amide bonds. The fourth-order valence-corrected chi connectivity index (χ4v) is 2.58. The number of carbonyl (C=O) groups is 1. The third kappa shape index (κ3) is 1.95. The molecule has 5 heteroatoms. The molecule has 0 aliphatic heterocycles. The lowest BCUT2D eigenvalue weighted by Crippen LogP contribution is -2.11. The van der Waals surface area contributed by atoms with Crippen molar-refractivity contribution < 1.29 is 9.21 Å². The fraction of sp³-hybridized carbons (Fsp3) is 0.0588. The van der Waals surface area contributed by atoms with E-state index in [0.717, 1.165) is 22.0 Å². The third-order valence-electron chi connectivity index (χ3n) is 3.73. The minimum atomic E-state index is -0.198. The van der Waals surface area contributed by atoms with Crippen LogP contribution in [0.15, 0.2) is 53.1 Å². The molecule has 0 spiro atoms. The molecule has 108 valence electrons. The van der Waals surface area contributed by atoms with Gasteiger partial charge in [0.2, 0.25) is 0 Å². The van der Waals surface area contributed by atoms with Crippen LogP contribution in [0.25, 0.3) is 21.9 Å². The number of fused-ring (bicyclic) bond motifs is 2. The molecular weight excluding hydrogens is 278 g/mol. The summed E-state index contributed by atoms with van der Waals surface area (Å²) in [6, 6.07) is 13.1. The average Bonchev–Trinajstić information content (AvgIpc) is 3.11. The maximum atomic E-state index is 12.4. The van der Waals surface area contributed by atoms with Gasteiger partial charge in [-0.05, 0) is 31.2 Å². The maximum Gasteiger partial charge on any atom is 0.259 e. The van der Waals surface area contributed by atoms with Crippen molar-refractivity contribution in [2.45, 2.75) is 6.92 Å². The second-order valence-electron chi connectivity index (χ2n) is 5.18. The molecule has 0 aliphatic rings. The predicted octanol–water partition coefficient (Wildman–Crippen LogP) is 3.87. The Balaban J connectivity index is 1.68. The van der Waals surface area contributed by atoms with Gasteiger partial charge in [0.05, 0.1) is 11.1 Å². The smallest absolute Gasteiger partial charge is 0.259 e. The number of hydrogen-bond acceptors (Lipinski definition) is 3. The summed E-state index contributed by atoms with van der Waals surface area (Å²) in [5.74, 6) is -0.198. The number of aryl methyl sites for hydroxylation is 1. The Hall–Kier alpha value is -3.08. The van der Waals surface area contributed by atoms with Crippen molar-refractivity contribution in [3.8, 4) is 0 Å². The Bertz CT molecular complexity index is 997. The summed E-state index contributed by atoms with van der Waals surface area (Å²) >= 11 is 0. The van der Waals surface area contributed by atoms with Crippen molar-refractivity contribution in [2.75, 3.05) is 5.32 Å². The van der Waals surface area contributed by atoms with Gasteiger partial charge in [0, 0.05) is 22.2 Å². The molecule has 0 unspecified atom stereocenters. The van der Waals surface area contributed by atoms with Crippen LogP contribution in [0.5, 0.6) is 0 Å². The minimum Gasteiger partial charge on any atom is -0.463 e. The summed E-state index contributed by atoms with van der Waals surface area (Å²) in [4.78, 5) is 12.4. The summed E-state index contributed by atoms with van der Waals surface area (Å²) in [7, 11) is 0. The summed E-state index contributed by atoms with van der Waals surface area (Å²) in [5.41, 5.74) is 3.76. The highest BCUT2D eigenvalue weighted by Crippen LogP contribution is 2.23. The zero-order valence-corrected chi connectivity index (χ0v) is 11.9.